The number of hydrogen-bond donors (Lipinski definition) is 1. The van der Waals surface area contributed by atoms with E-state index in [1.807, 2.05) is 38.1 Å². The number of amides is 1. The predicted octanol–water partition coefficient (Wildman–Crippen LogP) is 3.08. The Bertz CT molecular complexity index is 510. The highest BCUT2D eigenvalue weighted by atomic mass is 35.5. The molecule has 1 rings (SSSR count). The number of nitrogens with one attached hydrogen (secondary N) is 1. The van der Waals surface area contributed by atoms with Gasteiger partial charge in [0, 0.05) is 43.5 Å². The van der Waals surface area contributed by atoms with E-state index in [1.54, 1.807) is 11.9 Å². The molecule has 114 valence electrons. The molecule has 1 aromatic rings. The lowest BCUT2D eigenvalue weighted by Gasteiger charge is -2.22. The van der Waals surface area contributed by atoms with Crippen LogP contribution in [0.25, 0.3) is 0 Å². The van der Waals surface area contributed by atoms with Crippen molar-refractivity contribution in [2.24, 2.45) is 0 Å². The van der Waals surface area contributed by atoms with E-state index in [1.165, 1.54) is 0 Å². The minimum absolute atomic E-state index is 0.0997. The molecule has 0 spiro atoms. The van der Waals surface area contributed by atoms with Gasteiger partial charge in [-0.2, -0.15) is 0 Å². The Morgan fingerprint density at radius 2 is 2.14 bits per heavy atom. The van der Waals surface area contributed by atoms with Gasteiger partial charge in [-0.25, -0.2) is 0 Å². The first-order valence-corrected chi connectivity index (χ1v) is 7.48. The molecule has 1 aromatic carbocycles. The molecule has 0 saturated carbocycles. The van der Waals surface area contributed by atoms with Crippen LogP contribution in [0.1, 0.15) is 32.3 Å². The zero-order valence-corrected chi connectivity index (χ0v) is 13.7. The molecule has 0 aromatic heterocycles. The summed E-state index contributed by atoms with van der Waals surface area (Å²) < 4.78 is 0. The van der Waals surface area contributed by atoms with Crippen molar-refractivity contribution in [1.29, 1.82) is 0 Å². The highest BCUT2D eigenvalue weighted by molar-refractivity contribution is 6.30. The van der Waals surface area contributed by atoms with Crippen LogP contribution >= 0.6 is 11.6 Å². The molecule has 0 fully saturated rings. The minimum atomic E-state index is 0.0997. The zero-order chi connectivity index (χ0) is 15.8. The van der Waals surface area contributed by atoms with Gasteiger partial charge < -0.3 is 10.2 Å². The lowest BCUT2D eigenvalue weighted by atomic mass is 10.1. The molecule has 0 unspecified atom stereocenters. The SMILES string of the molecule is C#CC[C@H](C)N[C@H](C)CC(=O)N(C)Cc1cccc(Cl)c1. The number of carbonyl (C=O) groups is 1. The topological polar surface area (TPSA) is 32.3 Å². The Morgan fingerprint density at radius 3 is 2.76 bits per heavy atom. The van der Waals surface area contributed by atoms with Crippen molar-refractivity contribution < 1.29 is 4.79 Å². The Balaban J connectivity index is 2.46. The molecule has 0 saturated heterocycles. The van der Waals surface area contributed by atoms with E-state index in [4.69, 9.17) is 18.0 Å². The van der Waals surface area contributed by atoms with Crippen LogP contribution in [0.4, 0.5) is 0 Å². The molecule has 4 heteroatoms. The van der Waals surface area contributed by atoms with Gasteiger partial charge in [-0.15, -0.1) is 12.3 Å². The van der Waals surface area contributed by atoms with Crippen molar-refractivity contribution in [2.75, 3.05) is 7.05 Å². The summed E-state index contributed by atoms with van der Waals surface area (Å²) in [5.41, 5.74) is 1.03. The molecule has 0 aliphatic heterocycles. The quantitative estimate of drug-likeness (QED) is 0.785. The average molecular weight is 307 g/mol. The third-order valence-electron chi connectivity index (χ3n) is 3.21. The Morgan fingerprint density at radius 1 is 1.43 bits per heavy atom. The van der Waals surface area contributed by atoms with Gasteiger partial charge in [0.1, 0.15) is 0 Å². The van der Waals surface area contributed by atoms with Crippen molar-refractivity contribution in [2.45, 2.75) is 45.3 Å². The van der Waals surface area contributed by atoms with Crippen molar-refractivity contribution >= 4 is 17.5 Å². The molecule has 0 aliphatic rings. The van der Waals surface area contributed by atoms with Crippen LogP contribution in [0, 0.1) is 12.3 Å². The average Bonchev–Trinajstić information content (AvgIpc) is 2.38. The highest BCUT2D eigenvalue weighted by Crippen LogP contribution is 2.12. The van der Waals surface area contributed by atoms with Gasteiger partial charge in [0.2, 0.25) is 5.91 Å². The Hall–Kier alpha value is -1.50. The molecular formula is C17H23ClN2O. The van der Waals surface area contributed by atoms with E-state index in [-0.39, 0.29) is 18.0 Å². The Kier molecular flexibility index (Phi) is 7.28. The first kappa shape index (κ1) is 17.6. The van der Waals surface area contributed by atoms with E-state index < -0.39 is 0 Å². The number of terminal acetylenes is 1. The predicted molar refractivity (Wildman–Crippen MR) is 88.1 cm³/mol. The fourth-order valence-electron chi connectivity index (χ4n) is 2.20. The molecule has 0 radical (unpaired) electrons. The van der Waals surface area contributed by atoms with Crippen molar-refractivity contribution in [3.05, 3.63) is 34.9 Å². The maximum absolute atomic E-state index is 12.2. The summed E-state index contributed by atoms with van der Waals surface area (Å²) in [4.78, 5) is 13.9. The second-order valence-electron chi connectivity index (χ2n) is 5.46. The molecule has 3 nitrogen and oxygen atoms in total. The second kappa shape index (κ2) is 8.71. The Labute approximate surface area is 132 Å². The second-order valence-corrected chi connectivity index (χ2v) is 5.90. The molecule has 0 aliphatic carbocycles. The van der Waals surface area contributed by atoms with E-state index >= 15 is 0 Å². The standard InChI is InChI=1S/C17H23ClN2O/c1-5-7-13(2)19-14(3)10-17(21)20(4)12-15-8-6-9-16(18)11-15/h1,6,8-9,11,13-14,19H,7,10,12H2,2-4H3/t13-,14+/m0/s1. The van der Waals surface area contributed by atoms with Crippen molar-refractivity contribution in [3.8, 4) is 12.3 Å². The van der Waals surface area contributed by atoms with E-state index in [2.05, 4.69) is 11.2 Å². The molecule has 1 amide bonds. The fraction of sp³-hybridized carbons (Fsp3) is 0.471. The van der Waals surface area contributed by atoms with Gasteiger partial charge in [0.15, 0.2) is 0 Å². The van der Waals surface area contributed by atoms with Crippen LogP contribution in [0.15, 0.2) is 24.3 Å². The van der Waals surface area contributed by atoms with Crippen LogP contribution in [0.5, 0.6) is 0 Å². The van der Waals surface area contributed by atoms with Crippen LogP contribution in [-0.2, 0) is 11.3 Å². The number of carbonyl (C=O) groups excluding carboxylic acids is 1. The van der Waals surface area contributed by atoms with E-state index in [9.17, 15) is 4.79 Å². The summed E-state index contributed by atoms with van der Waals surface area (Å²) in [6.07, 6.45) is 6.39. The van der Waals surface area contributed by atoms with Crippen LogP contribution in [-0.4, -0.2) is 29.9 Å². The first-order chi connectivity index (χ1) is 9.92. The summed E-state index contributed by atoms with van der Waals surface area (Å²) in [7, 11) is 1.81. The van der Waals surface area contributed by atoms with E-state index in [0.29, 0.717) is 24.4 Å². The summed E-state index contributed by atoms with van der Waals surface area (Å²) >= 11 is 5.95. The largest absolute Gasteiger partial charge is 0.341 e. The third-order valence-corrected chi connectivity index (χ3v) is 3.44. The van der Waals surface area contributed by atoms with Gasteiger partial charge in [-0.05, 0) is 31.5 Å². The van der Waals surface area contributed by atoms with Gasteiger partial charge >= 0.3 is 0 Å². The van der Waals surface area contributed by atoms with Crippen LogP contribution in [0.2, 0.25) is 5.02 Å². The molecule has 2 atom stereocenters. The van der Waals surface area contributed by atoms with Gasteiger partial charge in [0.25, 0.3) is 0 Å². The lowest BCUT2D eigenvalue weighted by Crippen LogP contribution is -2.38. The zero-order valence-electron chi connectivity index (χ0n) is 12.9. The van der Waals surface area contributed by atoms with Crippen molar-refractivity contribution in [3.63, 3.8) is 0 Å². The lowest BCUT2D eigenvalue weighted by molar-refractivity contribution is -0.130. The summed E-state index contributed by atoms with van der Waals surface area (Å²) in [5, 5.41) is 4.01. The maximum Gasteiger partial charge on any atom is 0.224 e. The van der Waals surface area contributed by atoms with Crippen molar-refractivity contribution in [1.82, 2.24) is 10.2 Å². The summed E-state index contributed by atoms with van der Waals surface area (Å²) in [6, 6.07) is 7.88. The molecule has 0 heterocycles. The monoisotopic (exact) mass is 306 g/mol. The maximum atomic E-state index is 12.2. The smallest absolute Gasteiger partial charge is 0.224 e. The van der Waals surface area contributed by atoms with Gasteiger partial charge in [0.05, 0.1) is 0 Å². The number of nitrogens with zero attached hydrogens (tertiary/aromatic N) is 1. The summed E-state index contributed by atoms with van der Waals surface area (Å²) in [5.74, 6) is 2.72. The molecular weight excluding hydrogens is 284 g/mol. The third kappa shape index (κ3) is 6.66. The number of benzene rings is 1. The highest BCUT2D eigenvalue weighted by Gasteiger charge is 2.15. The minimum Gasteiger partial charge on any atom is -0.341 e. The van der Waals surface area contributed by atoms with Gasteiger partial charge in [-0.1, -0.05) is 23.7 Å². The molecule has 1 N–H and O–H groups in total. The molecule has 21 heavy (non-hydrogen) atoms. The first-order valence-electron chi connectivity index (χ1n) is 7.10. The fourth-order valence-corrected chi connectivity index (χ4v) is 2.41. The normalized spacial score (nSPS) is 13.3. The number of hydrogen-bond acceptors (Lipinski definition) is 2. The van der Waals surface area contributed by atoms with Crippen LogP contribution < -0.4 is 5.32 Å². The van der Waals surface area contributed by atoms with E-state index in [0.717, 1.165) is 5.56 Å². The number of halogens is 1. The van der Waals surface area contributed by atoms with Crippen LogP contribution in [0.3, 0.4) is 0 Å². The van der Waals surface area contributed by atoms with Gasteiger partial charge in [-0.3, -0.25) is 4.79 Å². The number of rotatable bonds is 7. The summed E-state index contributed by atoms with van der Waals surface area (Å²) in [6.45, 7) is 4.58. The molecule has 0 bridgehead atoms.